The summed E-state index contributed by atoms with van der Waals surface area (Å²) in [7, 11) is 1.39. The Morgan fingerprint density at radius 2 is 1.96 bits per heavy atom. The topological polar surface area (TPSA) is 68.2 Å². The van der Waals surface area contributed by atoms with Gasteiger partial charge in [0.1, 0.15) is 5.00 Å². The minimum atomic E-state index is -0.349. The highest BCUT2D eigenvalue weighted by atomic mass is 32.1. The number of rotatable bonds is 5. The number of esters is 1. The number of carbonyl (C=O) groups is 1. The third-order valence-corrected chi connectivity index (χ3v) is 5.37. The summed E-state index contributed by atoms with van der Waals surface area (Å²) in [6.45, 7) is 10.8. The quantitative estimate of drug-likeness (QED) is 0.602. The van der Waals surface area contributed by atoms with E-state index in [1.165, 1.54) is 18.4 Å². The number of nitrogens with zero attached hydrogens (tertiary/aromatic N) is 2. The molecular weight excluding hydrogens is 356 g/mol. The maximum atomic E-state index is 12.2. The average molecular weight is 381 g/mol. The van der Waals surface area contributed by atoms with Crippen LogP contribution in [0.25, 0.3) is 0 Å². The Bertz CT molecular complexity index is 808. The van der Waals surface area contributed by atoms with Crippen LogP contribution in [0.1, 0.15) is 46.0 Å². The van der Waals surface area contributed by atoms with E-state index in [0.29, 0.717) is 15.7 Å². The molecule has 0 spiro atoms. The average Bonchev–Trinajstić information content (AvgIpc) is 3.03. The van der Waals surface area contributed by atoms with Crippen LogP contribution in [-0.2, 0) is 17.7 Å². The molecule has 0 aliphatic carbocycles. The fourth-order valence-electron chi connectivity index (χ4n) is 2.84. The number of nitrogens with one attached hydrogen (secondary N) is 2. The van der Waals surface area contributed by atoms with Gasteiger partial charge in [0.25, 0.3) is 0 Å². The molecule has 0 atom stereocenters. The lowest BCUT2D eigenvalue weighted by molar-refractivity contribution is 0.0601. The highest BCUT2D eigenvalue weighted by Crippen LogP contribution is 2.34. The number of aryl methyl sites for hydroxylation is 3. The molecule has 0 aliphatic heterocycles. The van der Waals surface area contributed by atoms with Gasteiger partial charge >= 0.3 is 5.97 Å². The molecule has 0 fully saturated rings. The van der Waals surface area contributed by atoms with Crippen molar-refractivity contribution in [2.45, 2.75) is 47.6 Å². The van der Waals surface area contributed by atoms with E-state index >= 15 is 0 Å². The fourth-order valence-corrected chi connectivity index (χ4v) is 4.25. The summed E-state index contributed by atoms with van der Waals surface area (Å²) in [5, 5.41) is 12.0. The second-order valence-electron chi connectivity index (χ2n) is 5.63. The maximum Gasteiger partial charge on any atom is 0.341 e. The van der Waals surface area contributed by atoms with Crippen molar-refractivity contribution < 1.29 is 9.53 Å². The zero-order valence-corrected chi connectivity index (χ0v) is 17.1. The summed E-state index contributed by atoms with van der Waals surface area (Å²) in [5.41, 5.74) is 4.35. The van der Waals surface area contributed by atoms with Crippen molar-refractivity contribution in [2.24, 2.45) is 0 Å². The second kappa shape index (κ2) is 7.97. The number of ether oxygens (including phenoxy) is 1. The Labute approximate surface area is 157 Å². The van der Waals surface area contributed by atoms with E-state index in [4.69, 9.17) is 17.0 Å². The summed E-state index contributed by atoms with van der Waals surface area (Å²) in [6, 6.07) is 0. The summed E-state index contributed by atoms with van der Waals surface area (Å²) in [5.74, 6) is -0.349. The lowest BCUT2D eigenvalue weighted by Gasteiger charge is -2.11. The number of aromatic nitrogens is 2. The number of hydrogen-bond donors (Lipinski definition) is 2. The van der Waals surface area contributed by atoms with Gasteiger partial charge in [-0.3, -0.25) is 4.68 Å². The van der Waals surface area contributed by atoms with Crippen LogP contribution in [0.3, 0.4) is 0 Å². The molecule has 0 radical (unpaired) electrons. The van der Waals surface area contributed by atoms with Crippen LogP contribution in [-0.4, -0.2) is 28.0 Å². The van der Waals surface area contributed by atoms with Gasteiger partial charge < -0.3 is 15.4 Å². The molecule has 6 nitrogen and oxygen atoms in total. The van der Waals surface area contributed by atoms with Crippen LogP contribution in [0.15, 0.2) is 0 Å². The predicted octanol–water partition coefficient (Wildman–Crippen LogP) is 4.05. The highest BCUT2D eigenvalue weighted by molar-refractivity contribution is 7.80. The zero-order chi connectivity index (χ0) is 18.7. The van der Waals surface area contributed by atoms with E-state index < -0.39 is 0 Å². The minimum Gasteiger partial charge on any atom is -0.465 e. The number of thiophene rings is 1. The molecule has 0 bridgehead atoms. The fraction of sp³-hybridized carbons (Fsp3) is 0.471. The third-order valence-electron chi connectivity index (χ3n) is 4.10. The molecule has 0 amide bonds. The number of carbonyl (C=O) groups excluding carboxylic acids is 1. The van der Waals surface area contributed by atoms with E-state index in [9.17, 15) is 4.79 Å². The van der Waals surface area contributed by atoms with Gasteiger partial charge in [0.15, 0.2) is 5.11 Å². The molecule has 0 unspecified atom stereocenters. The second-order valence-corrected chi connectivity index (χ2v) is 7.26. The van der Waals surface area contributed by atoms with Crippen LogP contribution >= 0.6 is 23.6 Å². The van der Waals surface area contributed by atoms with Crippen molar-refractivity contribution in [3.8, 4) is 0 Å². The summed E-state index contributed by atoms with van der Waals surface area (Å²) in [4.78, 5) is 13.3. The number of thiocarbonyl (C=S) groups is 1. The monoisotopic (exact) mass is 380 g/mol. The van der Waals surface area contributed by atoms with Gasteiger partial charge in [-0.15, -0.1) is 11.3 Å². The smallest absolute Gasteiger partial charge is 0.341 e. The molecule has 2 aromatic heterocycles. The Morgan fingerprint density at radius 1 is 1.28 bits per heavy atom. The minimum absolute atomic E-state index is 0.349. The Kier molecular flexibility index (Phi) is 6.18. The Hall–Kier alpha value is -1.93. The van der Waals surface area contributed by atoms with Crippen LogP contribution in [0.5, 0.6) is 0 Å². The largest absolute Gasteiger partial charge is 0.465 e. The lowest BCUT2D eigenvalue weighted by Crippen LogP contribution is -2.21. The normalized spacial score (nSPS) is 10.6. The first-order valence-electron chi connectivity index (χ1n) is 8.16. The van der Waals surface area contributed by atoms with Gasteiger partial charge in [0.05, 0.1) is 29.7 Å². The van der Waals surface area contributed by atoms with Crippen molar-refractivity contribution in [1.29, 1.82) is 0 Å². The van der Waals surface area contributed by atoms with E-state index in [2.05, 4.69) is 15.7 Å². The van der Waals surface area contributed by atoms with Crippen molar-refractivity contribution >= 4 is 45.3 Å². The van der Waals surface area contributed by atoms with E-state index in [1.807, 2.05) is 39.3 Å². The van der Waals surface area contributed by atoms with E-state index in [1.54, 1.807) is 0 Å². The van der Waals surface area contributed by atoms with Crippen molar-refractivity contribution in [3.63, 3.8) is 0 Å². The highest BCUT2D eigenvalue weighted by Gasteiger charge is 2.22. The summed E-state index contributed by atoms with van der Waals surface area (Å²) in [6.07, 6.45) is 0.760. The van der Waals surface area contributed by atoms with E-state index in [0.717, 1.165) is 40.5 Å². The van der Waals surface area contributed by atoms with Crippen LogP contribution in [0, 0.1) is 20.8 Å². The molecule has 0 aliphatic rings. The number of methoxy groups -OCH3 is 1. The van der Waals surface area contributed by atoms with Crippen molar-refractivity contribution in [3.05, 3.63) is 27.4 Å². The molecule has 2 aromatic rings. The summed E-state index contributed by atoms with van der Waals surface area (Å²) >= 11 is 6.96. The number of hydrogen-bond acceptors (Lipinski definition) is 5. The predicted molar refractivity (Wildman–Crippen MR) is 107 cm³/mol. The maximum absolute atomic E-state index is 12.2. The van der Waals surface area contributed by atoms with Gasteiger partial charge in [-0.1, -0.05) is 6.92 Å². The number of anilines is 2. The molecule has 0 aromatic carbocycles. The van der Waals surface area contributed by atoms with Gasteiger partial charge in [0.2, 0.25) is 0 Å². The van der Waals surface area contributed by atoms with Gasteiger partial charge in [-0.05, 0) is 51.9 Å². The SMILES string of the molecule is CCc1c(C)sc(NC(=S)Nc2c(C)nn(CC)c2C)c1C(=O)OC. The molecule has 25 heavy (non-hydrogen) atoms. The Balaban J connectivity index is 2.27. The molecule has 2 rings (SSSR count). The molecule has 0 saturated heterocycles. The summed E-state index contributed by atoms with van der Waals surface area (Å²) < 4.78 is 6.86. The van der Waals surface area contributed by atoms with Gasteiger partial charge in [0, 0.05) is 11.4 Å². The lowest BCUT2D eigenvalue weighted by atomic mass is 10.1. The van der Waals surface area contributed by atoms with Gasteiger partial charge in [-0.25, -0.2) is 4.79 Å². The Morgan fingerprint density at radius 3 is 2.48 bits per heavy atom. The van der Waals surface area contributed by atoms with E-state index in [-0.39, 0.29) is 5.97 Å². The van der Waals surface area contributed by atoms with Crippen molar-refractivity contribution in [2.75, 3.05) is 17.7 Å². The molecule has 2 heterocycles. The first kappa shape index (κ1) is 19.4. The first-order chi connectivity index (χ1) is 11.8. The first-order valence-corrected chi connectivity index (χ1v) is 9.38. The molecule has 136 valence electrons. The van der Waals surface area contributed by atoms with Crippen molar-refractivity contribution in [1.82, 2.24) is 9.78 Å². The molecule has 2 N–H and O–H groups in total. The van der Waals surface area contributed by atoms with Crippen LogP contribution in [0.4, 0.5) is 10.7 Å². The van der Waals surface area contributed by atoms with Crippen LogP contribution < -0.4 is 10.6 Å². The standard InChI is InChI=1S/C17H24N4O2S2/c1-7-12-11(5)25-15(13(12)16(22)23-6)19-17(24)18-14-9(3)20-21(8-2)10(14)4/h7-8H2,1-6H3,(H2,18,19,24). The molecule has 8 heteroatoms. The van der Waals surface area contributed by atoms with Crippen LogP contribution in [0.2, 0.25) is 0 Å². The van der Waals surface area contributed by atoms with Gasteiger partial charge in [-0.2, -0.15) is 5.10 Å². The zero-order valence-electron chi connectivity index (χ0n) is 15.4. The molecule has 0 saturated carbocycles. The molecular formula is C17H24N4O2S2. The third kappa shape index (κ3) is 3.85.